The van der Waals surface area contributed by atoms with Crippen LogP contribution < -0.4 is 10.2 Å². The highest BCUT2D eigenvalue weighted by Crippen LogP contribution is 2.36. The maximum atomic E-state index is 13.5. The maximum absolute atomic E-state index is 13.5. The number of hydrogen-bond acceptors (Lipinski definition) is 4. The normalized spacial score (nSPS) is 16.3. The van der Waals surface area contributed by atoms with Crippen molar-refractivity contribution in [2.75, 3.05) is 31.1 Å². The summed E-state index contributed by atoms with van der Waals surface area (Å²) in [4.78, 5) is 2.52. The van der Waals surface area contributed by atoms with Gasteiger partial charge in [-0.2, -0.15) is 0 Å². The van der Waals surface area contributed by atoms with E-state index in [9.17, 15) is 8.42 Å². The van der Waals surface area contributed by atoms with E-state index in [0.717, 1.165) is 48.6 Å². The summed E-state index contributed by atoms with van der Waals surface area (Å²) in [6.45, 7) is 11.1. The highest BCUT2D eigenvalue weighted by atomic mass is 32.2. The number of sulfone groups is 1. The number of hydrogen-bond donors (Lipinski definition) is 1. The molecule has 1 saturated heterocycles. The Morgan fingerprint density at radius 2 is 1.69 bits per heavy atom. The minimum atomic E-state index is -3.60. The van der Waals surface area contributed by atoms with Gasteiger partial charge in [0.05, 0.1) is 10.6 Å². The highest BCUT2D eigenvalue weighted by molar-refractivity contribution is 7.92. The molecule has 1 N–H and O–H groups in total. The van der Waals surface area contributed by atoms with Crippen LogP contribution in [0.25, 0.3) is 0 Å². The minimum absolute atomic E-state index is 0.381. The smallest absolute Gasteiger partial charge is 0.190 e. The zero-order chi connectivity index (χ0) is 18.7. The third-order valence-corrected chi connectivity index (χ3v) is 6.84. The number of aryl methyl sites for hydroxylation is 2. The van der Waals surface area contributed by atoms with Crippen molar-refractivity contribution in [3.05, 3.63) is 71.8 Å². The number of para-hydroxylation sites is 1. The molecule has 5 heteroatoms. The first kappa shape index (κ1) is 18.7. The van der Waals surface area contributed by atoms with Gasteiger partial charge in [-0.05, 0) is 31.5 Å². The van der Waals surface area contributed by atoms with Crippen LogP contribution in [-0.4, -0.2) is 34.6 Å². The van der Waals surface area contributed by atoms with Crippen LogP contribution in [0, 0.1) is 13.8 Å². The van der Waals surface area contributed by atoms with Crippen molar-refractivity contribution in [1.29, 1.82) is 0 Å². The minimum Gasteiger partial charge on any atom is -0.368 e. The van der Waals surface area contributed by atoms with E-state index in [1.165, 1.54) is 6.08 Å². The molecular formula is C21H26N2O2S. The first-order valence-electron chi connectivity index (χ1n) is 8.93. The van der Waals surface area contributed by atoms with Gasteiger partial charge in [0.1, 0.15) is 5.25 Å². The third-order valence-electron chi connectivity index (χ3n) is 4.75. The number of anilines is 1. The molecule has 26 heavy (non-hydrogen) atoms. The summed E-state index contributed by atoms with van der Waals surface area (Å²) in [5, 5.41) is 2.55. The topological polar surface area (TPSA) is 49.4 Å². The molecule has 1 heterocycles. The van der Waals surface area contributed by atoms with Crippen molar-refractivity contribution >= 4 is 15.5 Å². The van der Waals surface area contributed by atoms with Crippen LogP contribution >= 0.6 is 0 Å². The molecule has 4 nitrogen and oxygen atoms in total. The average Bonchev–Trinajstić information content (AvgIpc) is 2.62. The Bertz CT molecular complexity index is 880. The van der Waals surface area contributed by atoms with Crippen molar-refractivity contribution in [2.24, 2.45) is 0 Å². The Hall–Kier alpha value is -2.11. The second-order valence-corrected chi connectivity index (χ2v) is 8.86. The maximum Gasteiger partial charge on any atom is 0.190 e. The second-order valence-electron chi connectivity index (χ2n) is 6.83. The van der Waals surface area contributed by atoms with Gasteiger partial charge < -0.3 is 10.2 Å². The molecule has 0 bridgehead atoms. The van der Waals surface area contributed by atoms with Gasteiger partial charge in [0.2, 0.25) is 0 Å². The Labute approximate surface area is 156 Å². The summed E-state index contributed by atoms with van der Waals surface area (Å²) >= 11 is 0. The largest absolute Gasteiger partial charge is 0.368 e. The molecule has 1 fully saturated rings. The lowest BCUT2D eigenvalue weighted by Crippen LogP contribution is -2.44. The molecule has 0 aromatic heterocycles. The van der Waals surface area contributed by atoms with Crippen molar-refractivity contribution in [1.82, 2.24) is 5.32 Å². The van der Waals surface area contributed by atoms with E-state index in [1.807, 2.05) is 44.2 Å². The molecule has 1 unspecified atom stereocenters. The van der Waals surface area contributed by atoms with E-state index in [0.29, 0.717) is 4.90 Å². The van der Waals surface area contributed by atoms with Gasteiger partial charge in [0, 0.05) is 26.2 Å². The summed E-state index contributed by atoms with van der Waals surface area (Å²) in [5.41, 5.74) is 3.66. The zero-order valence-corrected chi connectivity index (χ0v) is 16.2. The van der Waals surface area contributed by atoms with Crippen molar-refractivity contribution in [3.8, 4) is 0 Å². The highest BCUT2D eigenvalue weighted by Gasteiger charge is 2.30. The predicted octanol–water partition coefficient (Wildman–Crippen LogP) is 3.41. The first-order chi connectivity index (χ1) is 12.4. The van der Waals surface area contributed by atoms with Crippen LogP contribution in [0.5, 0.6) is 0 Å². The van der Waals surface area contributed by atoms with E-state index < -0.39 is 15.1 Å². The number of nitrogens with zero attached hydrogens (tertiary/aromatic N) is 1. The Balaban J connectivity index is 2.08. The van der Waals surface area contributed by atoms with Crippen LogP contribution in [0.4, 0.5) is 5.69 Å². The molecule has 0 spiro atoms. The number of nitrogens with one attached hydrogen (secondary N) is 1. The monoisotopic (exact) mass is 370 g/mol. The van der Waals surface area contributed by atoms with E-state index in [2.05, 4.69) is 16.8 Å². The van der Waals surface area contributed by atoms with Crippen LogP contribution in [0.3, 0.4) is 0 Å². The van der Waals surface area contributed by atoms with E-state index in [1.54, 1.807) is 12.1 Å². The van der Waals surface area contributed by atoms with Crippen molar-refractivity contribution < 1.29 is 8.42 Å². The quantitative estimate of drug-likeness (QED) is 0.820. The molecule has 0 saturated carbocycles. The number of piperazine rings is 1. The predicted molar refractivity (Wildman–Crippen MR) is 108 cm³/mol. The molecule has 138 valence electrons. The van der Waals surface area contributed by atoms with E-state index in [-0.39, 0.29) is 0 Å². The van der Waals surface area contributed by atoms with Crippen LogP contribution in [0.15, 0.2) is 60.0 Å². The van der Waals surface area contributed by atoms with Crippen LogP contribution in [0.1, 0.15) is 21.9 Å². The van der Waals surface area contributed by atoms with Gasteiger partial charge in [0.15, 0.2) is 9.84 Å². The van der Waals surface area contributed by atoms with Crippen molar-refractivity contribution in [2.45, 2.75) is 24.0 Å². The Morgan fingerprint density at radius 3 is 2.31 bits per heavy atom. The fourth-order valence-electron chi connectivity index (χ4n) is 3.62. The summed E-state index contributed by atoms with van der Waals surface area (Å²) in [6, 6.07) is 13.2. The summed E-state index contributed by atoms with van der Waals surface area (Å²) < 4.78 is 27.1. The molecule has 1 aliphatic heterocycles. The molecule has 1 atom stereocenters. The van der Waals surface area contributed by atoms with E-state index in [4.69, 9.17) is 0 Å². The van der Waals surface area contributed by atoms with Crippen molar-refractivity contribution in [3.63, 3.8) is 0 Å². The first-order valence-corrected chi connectivity index (χ1v) is 10.5. The van der Waals surface area contributed by atoms with Crippen LogP contribution in [-0.2, 0) is 9.84 Å². The molecule has 2 aromatic rings. The van der Waals surface area contributed by atoms with Gasteiger partial charge in [-0.15, -0.1) is 6.58 Å². The molecule has 0 aliphatic carbocycles. The summed E-state index contributed by atoms with van der Waals surface area (Å²) in [5.74, 6) is 0. The molecule has 3 rings (SSSR count). The van der Waals surface area contributed by atoms with Gasteiger partial charge >= 0.3 is 0 Å². The third kappa shape index (κ3) is 3.69. The van der Waals surface area contributed by atoms with E-state index >= 15 is 0 Å². The standard InChI is InChI=1S/C21H26N2O2S/c1-4-20(18-14-16(2)13-17(3)15-18)26(24,25)21-8-6-5-7-19(21)23-11-9-22-10-12-23/h4-8,13-15,20,22H,1,9-12H2,2-3H3. The van der Waals surface area contributed by atoms with Gasteiger partial charge in [-0.25, -0.2) is 8.42 Å². The lowest BCUT2D eigenvalue weighted by Gasteiger charge is -2.31. The Kier molecular flexibility index (Phi) is 5.49. The van der Waals surface area contributed by atoms with Gasteiger partial charge in [-0.3, -0.25) is 0 Å². The fourth-order valence-corrected chi connectivity index (χ4v) is 5.40. The van der Waals surface area contributed by atoms with Crippen LogP contribution in [0.2, 0.25) is 0 Å². The van der Waals surface area contributed by atoms with Gasteiger partial charge in [-0.1, -0.05) is 47.5 Å². The molecule has 0 amide bonds. The lowest BCUT2D eigenvalue weighted by molar-refractivity contribution is 0.577. The molecule has 2 aromatic carbocycles. The molecular weight excluding hydrogens is 344 g/mol. The molecule has 1 aliphatic rings. The fraction of sp³-hybridized carbons (Fsp3) is 0.333. The SMILES string of the molecule is C=CC(c1cc(C)cc(C)c1)S(=O)(=O)c1ccccc1N1CCNCC1. The molecule has 0 radical (unpaired) electrons. The van der Waals surface area contributed by atoms with Gasteiger partial charge in [0.25, 0.3) is 0 Å². The lowest BCUT2D eigenvalue weighted by atomic mass is 10.0. The second kappa shape index (κ2) is 7.64. The number of rotatable bonds is 5. The summed E-state index contributed by atoms with van der Waals surface area (Å²) in [7, 11) is -3.60. The number of benzene rings is 2. The summed E-state index contributed by atoms with van der Waals surface area (Å²) in [6.07, 6.45) is 1.54. The average molecular weight is 371 g/mol. The zero-order valence-electron chi connectivity index (χ0n) is 15.4. The Morgan fingerprint density at radius 1 is 1.08 bits per heavy atom.